The molecule has 0 spiro atoms. The second-order valence-electron chi connectivity index (χ2n) is 6.25. The molecule has 2 heterocycles. The van der Waals surface area contributed by atoms with Crippen LogP contribution in [0.25, 0.3) is 10.2 Å². The SMILES string of the molecule is O=C(NCCCCN1CCCCCC1)c1ccc2scnc2c1. The molecule has 1 aromatic heterocycles. The molecule has 1 saturated heterocycles. The molecule has 1 aromatic carbocycles. The molecule has 124 valence electrons. The number of unbranched alkanes of at least 4 members (excludes halogenated alkanes) is 1. The van der Waals surface area contributed by atoms with Gasteiger partial charge in [-0.3, -0.25) is 4.79 Å². The Morgan fingerprint density at radius 1 is 1.17 bits per heavy atom. The van der Waals surface area contributed by atoms with Crippen LogP contribution in [0, 0.1) is 0 Å². The van der Waals surface area contributed by atoms with Crippen molar-refractivity contribution in [3.8, 4) is 0 Å². The molecule has 0 saturated carbocycles. The third-order valence-electron chi connectivity index (χ3n) is 4.48. The van der Waals surface area contributed by atoms with Gasteiger partial charge in [0.2, 0.25) is 0 Å². The Bertz CT molecular complexity index is 632. The first-order valence-electron chi connectivity index (χ1n) is 8.67. The van der Waals surface area contributed by atoms with Crippen molar-refractivity contribution in [2.45, 2.75) is 38.5 Å². The van der Waals surface area contributed by atoms with Gasteiger partial charge < -0.3 is 10.2 Å². The minimum absolute atomic E-state index is 0.00896. The Kier molecular flexibility index (Phi) is 6.00. The van der Waals surface area contributed by atoms with E-state index in [1.165, 1.54) is 45.3 Å². The van der Waals surface area contributed by atoms with Crippen LogP contribution < -0.4 is 5.32 Å². The van der Waals surface area contributed by atoms with E-state index in [-0.39, 0.29) is 5.91 Å². The molecule has 0 bridgehead atoms. The average molecular weight is 331 g/mol. The van der Waals surface area contributed by atoms with Crippen LogP contribution in [-0.2, 0) is 0 Å². The van der Waals surface area contributed by atoms with Crippen LogP contribution in [0.15, 0.2) is 23.7 Å². The number of hydrogen-bond acceptors (Lipinski definition) is 4. The standard InChI is InChI=1S/C18H25N3OS/c22-18(15-7-8-17-16(13-15)20-14-23-17)19-9-3-6-12-21-10-4-1-2-5-11-21/h7-8,13-14H,1-6,9-12H2,(H,19,22). The lowest BCUT2D eigenvalue weighted by atomic mass is 10.2. The number of rotatable bonds is 6. The van der Waals surface area contributed by atoms with E-state index in [0.29, 0.717) is 5.56 Å². The molecular weight excluding hydrogens is 306 g/mol. The highest BCUT2D eigenvalue weighted by Gasteiger charge is 2.09. The van der Waals surface area contributed by atoms with Crippen LogP contribution in [0.1, 0.15) is 48.9 Å². The van der Waals surface area contributed by atoms with E-state index in [1.807, 2.05) is 23.7 Å². The van der Waals surface area contributed by atoms with E-state index in [1.54, 1.807) is 11.3 Å². The van der Waals surface area contributed by atoms with E-state index < -0.39 is 0 Å². The summed E-state index contributed by atoms with van der Waals surface area (Å²) >= 11 is 1.60. The maximum absolute atomic E-state index is 12.2. The van der Waals surface area contributed by atoms with Gasteiger partial charge in [0.25, 0.3) is 5.91 Å². The molecule has 5 heteroatoms. The Hall–Kier alpha value is -1.46. The molecule has 3 rings (SSSR count). The van der Waals surface area contributed by atoms with Gasteiger partial charge in [-0.15, -0.1) is 11.3 Å². The van der Waals surface area contributed by atoms with Crippen LogP contribution in [0.4, 0.5) is 0 Å². The van der Waals surface area contributed by atoms with Crippen LogP contribution in [0.2, 0.25) is 0 Å². The third kappa shape index (κ3) is 4.75. The van der Waals surface area contributed by atoms with Crippen molar-refractivity contribution in [3.63, 3.8) is 0 Å². The fraction of sp³-hybridized carbons (Fsp3) is 0.556. The highest BCUT2D eigenvalue weighted by Crippen LogP contribution is 2.18. The fourth-order valence-electron chi connectivity index (χ4n) is 3.12. The number of hydrogen-bond donors (Lipinski definition) is 1. The van der Waals surface area contributed by atoms with Gasteiger partial charge in [0.1, 0.15) is 0 Å². The molecule has 1 aliphatic rings. The topological polar surface area (TPSA) is 45.2 Å². The van der Waals surface area contributed by atoms with E-state index in [9.17, 15) is 4.79 Å². The normalized spacial score (nSPS) is 16.3. The molecule has 1 aliphatic heterocycles. The molecule has 1 N–H and O–H groups in total. The lowest BCUT2D eigenvalue weighted by Gasteiger charge is -2.19. The zero-order valence-corrected chi connectivity index (χ0v) is 14.4. The number of aromatic nitrogens is 1. The first kappa shape index (κ1) is 16.4. The quantitative estimate of drug-likeness (QED) is 0.821. The van der Waals surface area contributed by atoms with Crippen molar-refractivity contribution in [3.05, 3.63) is 29.3 Å². The van der Waals surface area contributed by atoms with Gasteiger partial charge in [-0.05, 0) is 63.5 Å². The number of nitrogens with one attached hydrogen (secondary N) is 1. The van der Waals surface area contributed by atoms with Crippen LogP contribution in [0.5, 0.6) is 0 Å². The molecule has 4 nitrogen and oxygen atoms in total. The number of nitrogens with zero attached hydrogens (tertiary/aromatic N) is 2. The van der Waals surface area contributed by atoms with Crippen molar-refractivity contribution in [2.24, 2.45) is 0 Å². The summed E-state index contributed by atoms with van der Waals surface area (Å²) in [5.74, 6) is 0.00896. The van der Waals surface area contributed by atoms with Gasteiger partial charge in [0.05, 0.1) is 15.7 Å². The summed E-state index contributed by atoms with van der Waals surface area (Å²) in [5, 5.41) is 3.02. The number of likely N-dealkylation sites (tertiary alicyclic amines) is 1. The lowest BCUT2D eigenvalue weighted by molar-refractivity contribution is 0.0952. The van der Waals surface area contributed by atoms with E-state index >= 15 is 0 Å². The Morgan fingerprint density at radius 2 is 2.00 bits per heavy atom. The Morgan fingerprint density at radius 3 is 2.83 bits per heavy atom. The summed E-state index contributed by atoms with van der Waals surface area (Å²) in [6.07, 6.45) is 7.66. The van der Waals surface area contributed by atoms with Crippen molar-refractivity contribution in [1.82, 2.24) is 15.2 Å². The second-order valence-corrected chi connectivity index (χ2v) is 7.14. The van der Waals surface area contributed by atoms with Gasteiger partial charge in [0, 0.05) is 12.1 Å². The third-order valence-corrected chi connectivity index (χ3v) is 5.29. The predicted molar refractivity (Wildman–Crippen MR) is 96.1 cm³/mol. The van der Waals surface area contributed by atoms with E-state index in [0.717, 1.165) is 29.6 Å². The number of fused-ring (bicyclic) bond motifs is 1. The molecule has 2 aromatic rings. The number of carbonyl (C=O) groups is 1. The van der Waals surface area contributed by atoms with Crippen LogP contribution >= 0.6 is 11.3 Å². The molecular formula is C18H25N3OS. The molecule has 1 amide bonds. The number of benzene rings is 1. The molecule has 0 radical (unpaired) electrons. The monoisotopic (exact) mass is 331 g/mol. The molecule has 0 atom stereocenters. The Balaban J connectivity index is 1.37. The summed E-state index contributed by atoms with van der Waals surface area (Å²) in [4.78, 5) is 19.0. The lowest BCUT2D eigenvalue weighted by Crippen LogP contribution is -2.28. The van der Waals surface area contributed by atoms with Crippen molar-refractivity contribution < 1.29 is 4.79 Å². The molecule has 0 unspecified atom stereocenters. The summed E-state index contributed by atoms with van der Waals surface area (Å²) in [5.41, 5.74) is 3.43. The highest BCUT2D eigenvalue weighted by molar-refractivity contribution is 7.16. The van der Waals surface area contributed by atoms with E-state index in [2.05, 4.69) is 15.2 Å². The summed E-state index contributed by atoms with van der Waals surface area (Å²) in [6, 6.07) is 5.73. The highest BCUT2D eigenvalue weighted by atomic mass is 32.1. The second kappa shape index (κ2) is 8.41. The van der Waals surface area contributed by atoms with Crippen molar-refractivity contribution in [1.29, 1.82) is 0 Å². The van der Waals surface area contributed by atoms with Gasteiger partial charge in [-0.2, -0.15) is 0 Å². The largest absolute Gasteiger partial charge is 0.352 e. The van der Waals surface area contributed by atoms with Gasteiger partial charge in [-0.1, -0.05) is 12.8 Å². The summed E-state index contributed by atoms with van der Waals surface area (Å²) in [7, 11) is 0. The van der Waals surface area contributed by atoms with E-state index in [4.69, 9.17) is 0 Å². The minimum Gasteiger partial charge on any atom is -0.352 e. The predicted octanol–water partition coefficient (Wildman–Crippen LogP) is 3.68. The van der Waals surface area contributed by atoms with Crippen molar-refractivity contribution in [2.75, 3.05) is 26.2 Å². The fourth-order valence-corrected chi connectivity index (χ4v) is 3.78. The molecule has 23 heavy (non-hydrogen) atoms. The molecule has 0 aliphatic carbocycles. The van der Waals surface area contributed by atoms with Crippen LogP contribution in [-0.4, -0.2) is 42.0 Å². The first-order chi connectivity index (χ1) is 11.3. The maximum Gasteiger partial charge on any atom is 0.251 e. The van der Waals surface area contributed by atoms with Gasteiger partial charge >= 0.3 is 0 Å². The van der Waals surface area contributed by atoms with Gasteiger partial charge in [-0.25, -0.2) is 4.98 Å². The maximum atomic E-state index is 12.2. The summed E-state index contributed by atoms with van der Waals surface area (Å²) < 4.78 is 1.12. The smallest absolute Gasteiger partial charge is 0.251 e. The minimum atomic E-state index is 0.00896. The Labute approximate surface area is 141 Å². The zero-order valence-electron chi connectivity index (χ0n) is 13.6. The van der Waals surface area contributed by atoms with Crippen LogP contribution in [0.3, 0.4) is 0 Å². The first-order valence-corrected chi connectivity index (χ1v) is 9.55. The number of carbonyl (C=O) groups excluding carboxylic acids is 1. The average Bonchev–Trinajstić information content (AvgIpc) is 2.89. The number of amides is 1. The van der Waals surface area contributed by atoms with Gasteiger partial charge in [0.15, 0.2) is 0 Å². The zero-order chi connectivity index (χ0) is 15.9. The summed E-state index contributed by atoms with van der Waals surface area (Å²) in [6.45, 7) is 4.42. The molecule has 1 fully saturated rings. The number of thiazole rings is 1. The van der Waals surface area contributed by atoms with Crippen molar-refractivity contribution >= 4 is 27.5 Å².